The van der Waals surface area contributed by atoms with Crippen LogP contribution in [0.15, 0.2) is 24.3 Å². The van der Waals surface area contributed by atoms with Crippen molar-refractivity contribution in [2.24, 2.45) is 11.7 Å². The highest BCUT2D eigenvalue weighted by Crippen LogP contribution is 2.22. The second-order valence-corrected chi connectivity index (χ2v) is 5.59. The summed E-state index contributed by atoms with van der Waals surface area (Å²) in [5, 5.41) is 0. The van der Waals surface area contributed by atoms with Crippen molar-refractivity contribution >= 4 is 5.78 Å². The van der Waals surface area contributed by atoms with Crippen molar-refractivity contribution in [1.82, 2.24) is 0 Å². The first-order valence-corrected chi connectivity index (χ1v) is 6.52. The van der Waals surface area contributed by atoms with Gasteiger partial charge in [-0.2, -0.15) is 0 Å². The maximum Gasteiger partial charge on any atom is 0.185 e. The van der Waals surface area contributed by atoms with E-state index in [2.05, 4.69) is 19.9 Å². The van der Waals surface area contributed by atoms with Crippen LogP contribution in [0.3, 0.4) is 0 Å². The summed E-state index contributed by atoms with van der Waals surface area (Å²) in [5.74, 6) is 0.586. The summed E-state index contributed by atoms with van der Waals surface area (Å²) in [7, 11) is 0. The van der Waals surface area contributed by atoms with E-state index in [1.807, 2.05) is 18.2 Å². The molecule has 1 aromatic rings. The first-order chi connectivity index (χ1) is 8.51. The average Bonchev–Trinajstić information content (AvgIpc) is 2.76. The van der Waals surface area contributed by atoms with Gasteiger partial charge in [0.15, 0.2) is 5.78 Å². The lowest BCUT2D eigenvalue weighted by Crippen LogP contribution is -2.48. The van der Waals surface area contributed by atoms with Crippen LogP contribution in [0.5, 0.6) is 0 Å². The Kier molecular flexibility index (Phi) is 3.83. The zero-order chi connectivity index (χ0) is 13.2. The van der Waals surface area contributed by atoms with Crippen molar-refractivity contribution in [3.05, 3.63) is 35.4 Å². The van der Waals surface area contributed by atoms with E-state index in [0.717, 1.165) is 6.42 Å². The van der Waals surface area contributed by atoms with Crippen LogP contribution in [0, 0.1) is 5.92 Å². The largest absolute Gasteiger partial charge is 0.379 e. The summed E-state index contributed by atoms with van der Waals surface area (Å²) in [6.45, 7) is 5.25. The SMILES string of the molecule is CC(C)Cc1cccc(C(=O)C2(N)CCOC2)c1. The first kappa shape index (κ1) is 13.2. The average molecular weight is 247 g/mol. The van der Waals surface area contributed by atoms with Crippen molar-refractivity contribution < 1.29 is 9.53 Å². The molecule has 0 saturated carbocycles. The number of nitrogens with two attached hydrogens (primary N) is 1. The van der Waals surface area contributed by atoms with Gasteiger partial charge in [0.05, 0.1) is 6.61 Å². The van der Waals surface area contributed by atoms with Crippen LogP contribution in [-0.2, 0) is 11.2 Å². The summed E-state index contributed by atoms with van der Waals surface area (Å²) in [6, 6.07) is 7.81. The zero-order valence-electron chi connectivity index (χ0n) is 11.1. The molecule has 1 fully saturated rings. The van der Waals surface area contributed by atoms with Crippen LogP contribution in [-0.4, -0.2) is 24.5 Å². The third kappa shape index (κ3) is 2.79. The van der Waals surface area contributed by atoms with E-state index in [-0.39, 0.29) is 5.78 Å². The molecule has 0 bridgehead atoms. The summed E-state index contributed by atoms with van der Waals surface area (Å²) < 4.78 is 5.25. The standard InChI is InChI=1S/C15H21NO2/c1-11(2)8-12-4-3-5-13(9-12)14(17)15(16)6-7-18-10-15/h3-5,9,11H,6-8,10,16H2,1-2H3. The number of ketones is 1. The summed E-state index contributed by atoms with van der Waals surface area (Å²) in [4.78, 5) is 12.4. The van der Waals surface area contributed by atoms with Gasteiger partial charge in [0, 0.05) is 12.2 Å². The Morgan fingerprint density at radius 3 is 2.89 bits per heavy atom. The second kappa shape index (κ2) is 5.21. The molecule has 0 spiro atoms. The van der Waals surface area contributed by atoms with Crippen LogP contribution >= 0.6 is 0 Å². The third-order valence-corrected chi connectivity index (χ3v) is 3.34. The quantitative estimate of drug-likeness (QED) is 0.830. The van der Waals surface area contributed by atoms with E-state index in [0.29, 0.717) is 31.1 Å². The van der Waals surface area contributed by atoms with E-state index in [1.54, 1.807) is 0 Å². The predicted octanol–water partition coefficient (Wildman–Crippen LogP) is 2.19. The van der Waals surface area contributed by atoms with Gasteiger partial charge in [0.1, 0.15) is 5.54 Å². The van der Waals surface area contributed by atoms with Gasteiger partial charge in [0.2, 0.25) is 0 Å². The topological polar surface area (TPSA) is 52.3 Å². The van der Waals surface area contributed by atoms with Gasteiger partial charge < -0.3 is 10.5 Å². The molecule has 2 rings (SSSR count). The minimum Gasteiger partial charge on any atom is -0.379 e. The van der Waals surface area contributed by atoms with Crippen molar-refractivity contribution in [3.8, 4) is 0 Å². The number of rotatable bonds is 4. The third-order valence-electron chi connectivity index (χ3n) is 3.34. The van der Waals surface area contributed by atoms with Crippen molar-refractivity contribution in [3.63, 3.8) is 0 Å². The Morgan fingerprint density at radius 2 is 2.28 bits per heavy atom. The summed E-state index contributed by atoms with van der Waals surface area (Å²) >= 11 is 0. The Balaban J connectivity index is 2.20. The summed E-state index contributed by atoms with van der Waals surface area (Å²) in [5.41, 5.74) is 7.19. The lowest BCUT2D eigenvalue weighted by Gasteiger charge is -2.20. The molecule has 1 aromatic carbocycles. The minimum absolute atomic E-state index is 0.00519. The van der Waals surface area contributed by atoms with Crippen molar-refractivity contribution in [2.45, 2.75) is 32.2 Å². The maximum absolute atomic E-state index is 12.4. The molecule has 1 aliphatic heterocycles. The molecule has 0 amide bonds. The number of carbonyl (C=O) groups excluding carboxylic acids is 1. The number of ether oxygens (including phenoxy) is 1. The molecule has 98 valence electrons. The van der Waals surface area contributed by atoms with Gasteiger partial charge in [-0.05, 0) is 30.4 Å². The Labute approximate surface area is 108 Å². The molecule has 2 N–H and O–H groups in total. The van der Waals surface area contributed by atoms with Gasteiger partial charge in [0.25, 0.3) is 0 Å². The number of benzene rings is 1. The molecule has 1 saturated heterocycles. The molecule has 1 atom stereocenters. The highest BCUT2D eigenvalue weighted by atomic mass is 16.5. The first-order valence-electron chi connectivity index (χ1n) is 6.52. The molecular formula is C15H21NO2. The molecule has 1 aliphatic rings. The van der Waals surface area contributed by atoms with Crippen LogP contribution < -0.4 is 5.73 Å². The van der Waals surface area contributed by atoms with Crippen LogP contribution in [0.1, 0.15) is 36.2 Å². The second-order valence-electron chi connectivity index (χ2n) is 5.59. The molecule has 1 heterocycles. The maximum atomic E-state index is 12.4. The fraction of sp³-hybridized carbons (Fsp3) is 0.533. The normalized spacial score (nSPS) is 23.6. The molecule has 0 aromatic heterocycles. The fourth-order valence-corrected chi connectivity index (χ4v) is 2.36. The molecule has 3 nitrogen and oxygen atoms in total. The van der Waals surface area contributed by atoms with Crippen LogP contribution in [0.4, 0.5) is 0 Å². The molecule has 0 radical (unpaired) electrons. The fourth-order valence-electron chi connectivity index (χ4n) is 2.36. The van der Waals surface area contributed by atoms with Gasteiger partial charge in [-0.1, -0.05) is 32.0 Å². The number of hydrogen-bond donors (Lipinski definition) is 1. The van der Waals surface area contributed by atoms with E-state index < -0.39 is 5.54 Å². The zero-order valence-corrected chi connectivity index (χ0v) is 11.1. The van der Waals surface area contributed by atoms with E-state index in [4.69, 9.17) is 10.5 Å². The Bertz CT molecular complexity index is 434. The van der Waals surface area contributed by atoms with Gasteiger partial charge in [-0.3, -0.25) is 4.79 Å². The Morgan fingerprint density at radius 1 is 1.50 bits per heavy atom. The van der Waals surface area contributed by atoms with Crippen molar-refractivity contribution in [2.75, 3.05) is 13.2 Å². The highest BCUT2D eigenvalue weighted by molar-refractivity contribution is 6.03. The predicted molar refractivity (Wildman–Crippen MR) is 71.7 cm³/mol. The van der Waals surface area contributed by atoms with Gasteiger partial charge in [-0.15, -0.1) is 0 Å². The lowest BCUT2D eigenvalue weighted by atomic mass is 9.88. The van der Waals surface area contributed by atoms with Gasteiger partial charge >= 0.3 is 0 Å². The molecule has 18 heavy (non-hydrogen) atoms. The van der Waals surface area contributed by atoms with Crippen LogP contribution in [0.2, 0.25) is 0 Å². The smallest absolute Gasteiger partial charge is 0.185 e. The van der Waals surface area contributed by atoms with Gasteiger partial charge in [-0.25, -0.2) is 0 Å². The molecule has 3 heteroatoms. The lowest BCUT2D eigenvalue weighted by molar-refractivity contribution is 0.0863. The van der Waals surface area contributed by atoms with Crippen molar-refractivity contribution in [1.29, 1.82) is 0 Å². The monoisotopic (exact) mass is 247 g/mol. The number of hydrogen-bond acceptors (Lipinski definition) is 3. The minimum atomic E-state index is -0.823. The number of carbonyl (C=O) groups is 1. The van der Waals surface area contributed by atoms with E-state index in [9.17, 15) is 4.79 Å². The highest BCUT2D eigenvalue weighted by Gasteiger charge is 2.38. The number of Topliss-reactive ketones (excluding diaryl/α,β-unsaturated/α-hetero) is 1. The Hall–Kier alpha value is -1.19. The molecule has 0 aliphatic carbocycles. The summed E-state index contributed by atoms with van der Waals surface area (Å²) in [6.07, 6.45) is 1.59. The van der Waals surface area contributed by atoms with Crippen LogP contribution in [0.25, 0.3) is 0 Å². The molecule has 1 unspecified atom stereocenters. The van der Waals surface area contributed by atoms with E-state index in [1.165, 1.54) is 5.56 Å². The molecular weight excluding hydrogens is 226 g/mol. The van der Waals surface area contributed by atoms with E-state index >= 15 is 0 Å².